The first kappa shape index (κ1) is 16.6. The molecule has 0 bridgehead atoms. The fourth-order valence-electron chi connectivity index (χ4n) is 4.26. The fraction of sp³-hybridized carbons (Fsp3) is 0.217. The molecule has 1 atom stereocenters. The Balaban J connectivity index is 1.64. The van der Waals surface area contributed by atoms with E-state index in [1.807, 2.05) is 17.5 Å². The molecule has 0 fully saturated rings. The van der Waals surface area contributed by atoms with Gasteiger partial charge in [0.1, 0.15) is 0 Å². The number of benzene rings is 2. The van der Waals surface area contributed by atoms with Crippen LogP contribution in [0.3, 0.4) is 0 Å². The Morgan fingerprint density at radius 3 is 2.89 bits per heavy atom. The van der Waals surface area contributed by atoms with Crippen LogP contribution in [0.15, 0.2) is 60.4 Å². The summed E-state index contributed by atoms with van der Waals surface area (Å²) in [6, 6.07) is 13.7. The van der Waals surface area contributed by atoms with Crippen LogP contribution in [0.2, 0.25) is 0 Å². The van der Waals surface area contributed by atoms with E-state index in [0.29, 0.717) is 5.92 Å². The maximum absolute atomic E-state index is 4.51. The van der Waals surface area contributed by atoms with E-state index in [4.69, 9.17) is 0 Å². The zero-order valence-corrected chi connectivity index (χ0v) is 16.3. The van der Waals surface area contributed by atoms with Gasteiger partial charge in [-0.2, -0.15) is 0 Å². The van der Waals surface area contributed by atoms with Crippen LogP contribution in [0.4, 0.5) is 0 Å². The van der Waals surface area contributed by atoms with Gasteiger partial charge in [0.15, 0.2) is 0 Å². The smallest absolute Gasteiger partial charge is 0.0887 e. The van der Waals surface area contributed by atoms with Crippen LogP contribution in [0, 0.1) is 6.92 Å². The van der Waals surface area contributed by atoms with E-state index < -0.39 is 0 Å². The molecule has 3 heterocycles. The van der Waals surface area contributed by atoms with Gasteiger partial charge in [0.25, 0.3) is 0 Å². The summed E-state index contributed by atoms with van der Waals surface area (Å²) in [6.45, 7) is 4.25. The molecule has 0 saturated carbocycles. The Labute approximate surface area is 163 Å². The van der Waals surface area contributed by atoms with Gasteiger partial charge in [-0.25, -0.2) is 0 Å². The molecule has 134 valence electrons. The molecule has 0 radical (unpaired) electrons. The summed E-state index contributed by atoms with van der Waals surface area (Å²) in [5, 5.41) is 3.52. The second-order valence-electron chi connectivity index (χ2n) is 7.36. The molecule has 0 spiro atoms. The number of fused-ring (bicyclic) bond motifs is 2. The van der Waals surface area contributed by atoms with E-state index in [1.54, 1.807) is 12.4 Å². The van der Waals surface area contributed by atoms with Crippen LogP contribution >= 0.6 is 11.3 Å². The van der Waals surface area contributed by atoms with E-state index in [0.717, 1.165) is 18.8 Å². The SMILES string of the molecule is Cc1c(-c2cnccn2)ccc2c1CN(C)CC2c1ccc2sccc2c1. The molecule has 0 amide bonds. The van der Waals surface area contributed by atoms with Gasteiger partial charge in [-0.05, 0) is 65.2 Å². The van der Waals surface area contributed by atoms with E-state index >= 15 is 0 Å². The Morgan fingerprint density at radius 2 is 2.04 bits per heavy atom. The third-order valence-electron chi connectivity index (χ3n) is 5.65. The summed E-state index contributed by atoms with van der Waals surface area (Å²) < 4.78 is 1.36. The van der Waals surface area contributed by atoms with Crippen molar-refractivity contribution >= 4 is 21.4 Å². The molecular weight excluding hydrogens is 350 g/mol. The Kier molecular flexibility index (Phi) is 4.03. The maximum Gasteiger partial charge on any atom is 0.0887 e. The first-order valence-corrected chi connectivity index (χ1v) is 10.1. The minimum Gasteiger partial charge on any atom is -0.301 e. The molecule has 2 aromatic carbocycles. The predicted octanol–water partition coefficient (Wildman–Crippen LogP) is 5.24. The lowest BCUT2D eigenvalue weighted by atomic mass is 9.81. The zero-order valence-electron chi connectivity index (χ0n) is 15.5. The molecule has 0 N–H and O–H groups in total. The number of rotatable bonds is 2. The van der Waals surface area contributed by atoms with Crippen LogP contribution in [0.5, 0.6) is 0 Å². The van der Waals surface area contributed by atoms with Crippen molar-refractivity contribution in [2.24, 2.45) is 0 Å². The van der Waals surface area contributed by atoms with Gasteiger partial charge in [-0.1, -0.05) is 18.2 Å². The molecule has 4 aromatic rings. The lowest BCUT2D eigenvalue weighted by Gasteiger charge is -2.34. The maximum atomic E-state index is 4.51. The van der Waals surface area contributed by atoms with E-state index in [9.17, 15) is 0 Å². The largest absolute Gasteiger partial charge is 0.301 e. The topological polar surface area (TPSA) is 29.0 Å². The number of nitrogens with zero attached hydrogens (tertiary/aromatic N) is 3. The van der Waals surface area contributed by atoms with Crippen molar-refractivity contribution in [1.29, 1.82) is 0 Å². The number of thiophene rings is 1. The van der Waals surface area contributed by atoms with Crippen LogP contribution in [0.25, 0.3) is 21.3 Å². The van der Waals surface area contributed by atoms with Gasteiger partial charge >= 0.3 is 0 Å². The van der Waals surface area contributed by atoms with Gasteiger partial charge in [-0.3, -0.25) is 9.97 Å². The zero-order chi connectivity index (χ0) is 18.4. The molecule has 3 nitrogen and oxygen atoms in total. The Bertz CT molecular complexity index is 1120. The normalized spacial score (nSPS) is 17.2. The van der Waals surface area contributed by atoms with Crippen molar-refractivity contribution in [2.45, 2.75) is 19.4 Å². The average molecular weight is 372 g/mol. The summed E-state index contributed by atoms with van der Waals surface area (Å²) in [5.41, 5.74) is 7.74. The van der Waals surface area contributed by atoms with Gasteiger partial charge in [0, 0.05) is 41.7 Å². The van der Waals surface area contributed by atoms with Gasteiger partial charge in [0.05, 0.1) is 11.9 Å². The quantitative estimate of drug-likeness (QED) is 0.482. The second-order valence-corrected chi connectivity index (χ2v) is 8.31. The van der Waals surface area contributed by atoms with Crippen LogP contribution in [-0.2, 0) is 6.54 Å². The Hall–Kier alpha value is -2.56. The van der Waals surface area contributed by atoms with Gasteiger partial charge in [0.2, 0.25) is 0 Å². The number of hydrogen-bond donors (Lipinski definition) is 0. The van der Waals surface area contributed by atoms with Crippen molar-refractivity contribution in [2.75, 3.05) is 13.6 Å². The third-order valence-corrected chi connectivity index (χ3v) is 6.55. The van der Waals surface area contributed by atoms with Crippen molar-refractivity contribution in [1.82, 2.24) is 14.9 Å². The monoisotopic (exact) mass is 371 g/mol. The summed E-state index contributed by atoms with van der Waals surface area (Å²) in [5.74, 6) is 0.401. The van der Waals surface area contributed by atoms with Crippen LogP contribution in [0.1, 0.15) is 28.2 Å². The third kappa shape index (κ3) is 2.85. The highest BCUT2D eigenvalue weighted by molar-refractivity contribution is 7.17. The summed E-state index contributed by atoms with van der Waals surface area (Å²) in [4.78, 5) is 11.2. The van der Waals surface area contributed by atoms with E-state index in [1.165, 1.54) is 37.9 Å². The Morgan fingerprint density at radius 1 is 1.11 bits per heavy atom. The fourth-order valence-corrected chi connectivity index (χ4v) is 5.03. The molecular formula is C23H21N3S. The number of likely N-dealkylation sites (N-methyl/N-ethyl adjacent to an activating group) is 1. The minimum atomic E-state index is 0.401. The van der Waals surface area contributed by atoms with Crippen molar-refractivity contribution in [3.8, 4) is 11.3 Å². The van der Waals surface area contributed by atoms with Gasteiger partial charge in [-0.15, -0.1) is 11.3 Å². The summed E-state index contributed by atoms with van der Waals surface area (Å²) in [6.07, 6.45) is 5.34. The molecule has 0 saturated heterocycles. The molecule has 4 heteroatoms. The lowest BCUT2D eigenvalue weighted by Crippen LogP contribution is -2.31. The molecule has 0 aliphatic carbocycles. The van der Waals surface area contributed by atoms with E-state index in [2.05, 4.69) is 70.6 Å². The van der Waals surface area contributed by atoms with Crippen molar-refractivity contribution in [3.05, 3.63) is 82.6 Å². The molecule has 27 heavy (non-hydrogen) atoms. The highest BCUT2D eigenvalue weighted by Crippen LogP contribution is 2.38. The average Bonchev–Trinajstić information content (AvgIpc) is 3.17. The molecule has 1 aliphatic rings. The van der Waals surface area contributed by atoms with Crippen molar-refractivity contribution < 1.29 is 0 Å². The van der Waals surface area contributed by atoms with Crippen molar-refractivity contribution in [3.63, 3.8) is 0 Å². The lowest BCUT2D eigenvalue weighted by molar-refractivity contribution is 0.294. The minimum absolute atomic E-state index is 0.401. The van der Waals surface area contributed by atoms with Crippen LogP contribution < -0.4 is 0 Å². The van der Waals surface area contributed by atoms with Crippen LogP contribution in [-0.4, -0.2) is 28.5 Å². The molecule has 5 rings (SSSR count). The summed E-state index contributed by atoms with van der Waals surface area (Å²) >= 11 is 1.81. The highest BCUT2D eigenvalue weighted by Gasteiger charge is 2.27. The number of hydrogen-bond acceptors (Lipinski definition) is 4. The first-order chi connectivity index (χ1) is 13.2. The highest BCUT2D eigenvalue weighted by atomic mass is 32.1. The van der Waals surface area contributed by atoms with Gasteiger partial charge < -0.3 is 4.90 Å². The first-order valence-electron chi connectivity index (χ1n) is 9.25. The number of aromatic nitrogens is 2. The molecule has 1 unspecified atom stereocenters. The predicted molar refractivity (Wildman–Crippen MR) is 112 cm³/mol. The second kappa shape index (κ2) is 6.55. The standard InChI is InChI=1S/C23H21N3S/c1-15-18(22-12-24-8-9-25-22)4-5-19-20(15)13-26(2)14-21(19)16-3-6-23-17(11-16)7-10-27-23/h3-12,21H,13-14H2,1-2H3. The molecule has 2 aromatic heterocycles. The molecule has 1 aliphatic heterocycles. The van der Waals surface area contributed by atoms with E-state index in [-0.39, 0.29) is 0 Å². The summed E-state index contributed by atoms with van der Waals surface area (Å²) in [7, 11) is 2.22.